The van der Waals surface area contributed by atoms with Gasteiger partial charge in [0.05, 0.1) is 23.8 Å². The van der Waals surface area contributed by atoms with E-state index in [1.54, 1.807) is 13.0 Å². The van der Waals surface area contributed by atoms with Gasteiger partial charge in [0.25, 0.3) is 6.43 Å². The first-order valence-electron chi connectivity index (χ1n) is 5.13. The van der Waals surface area contributed by atoms with Gasteiger partial charge in [-0.1, -0.05) is 6.07 Å². The van der Waals surface area contributed by atoms with Crippen molar-refractivity contribution in [2.24, 2.45) is 0 Å². The minimum atomic E-state index is -2.79. The quantitative estimate of drug-likeness (QED) is 0.624. The molecule has 0 spiro atoms. The Hall–Kier alpha value is -1.67. The van der Waals surface area contributed by atoms with Crippen molar-refractivity contribution in [1.29, 1.82) is 5.26 Å². The van der Waals surface area contributed by atoms with E-state index < -0.39 is 18.0 Å². The number of hydrogen-bond acceptors (Lipinski definition) is 3. The van der Waals surface area contributed by atoms with Gasteiger partial charge in [-0.05, 0) is 18.6 Å². The largest absolute Gasteiger partial charge is 0.462 e. The zero-order chi connectivity index (χ0) is 13.7. The van der Waals surface area contributed by atoms with Crippen LogP contribution in [0.3, 0.4) is 0 Å². The molecule has 0 aliphatic heterocycles. The van der Waals surface area contributed by atoms with Gasteiger partial charge in [0.2, 0.25) is 0 Å². The van der Waals surface area contributed by atoms with Crippen LogP contribution in [0.1, 0.15) is 40.4 Å². The van der Waals surface area contributed by atoms with Crippen LogP contribution < -0.4 is 0 Å². The third-order valence-electron chi connectivity index (χ3n) is 2.32. The van der Waals surface area contributed by atoms with E-state index in [2.05, 4.69) is 0 Å². The number of hydrogen-bond donors (Lipinski definition) is 0. The van der Waals surface area contributed by atoms with Gasteiger partial charge < -0.3 is 4.74 Å². The molecule has 0 amide bonds. The summed E-state index contributed by atoms with van der Waals surface area (Å²) in [6.45, 7) is 1.77. The van der Waals surface area contributed by atoms with Crippen LogP contribution in [0.4, 0.5) is 8.78 Å². The van der Waals surface area contributed by atoms with Gasteiger partial charge in [0, 0.05) is 11.4 Å². The van der Waals surface area contributed by atoms with E-state index in [1.807, 2.05) is 0 Å². The number of benzene rings is 1. The Kier molecular flexibility index (Phi) is 5.05. The molecule has 0 N–H and O–H groups in total. The fourth-order valence-corrected chi connectivity index (χ4v) is 1.80. The Morgan fingerprint density at radius 2 is 2.22 bits per heavy atom. The van der Waals surface area contributed by atoms with Crippen LogP contribution in [0.5, 0.6) is 0 Å². The molecule has 96 valence electrons. The van der Waals surface area contributed by atoms with Crippen LogP contribution in [0, 0.1) is 11.3 Å². The third-order valence-corrected chi connectivity index (χ3v) is 2.59. The zero-order valence-corrected chi connectivity index (χ0v) is 10.3. The summed E-state index contributed by atoms with van der Waals surface area (Å²) < 4.78 is 30.2. The van der Waals surface area contributed by atoms with E-state index in [0.29, 0.717) is 0 Å². The maximum atomic E-state index is 12.7. The number of ether oxygens (including phenoxy) is 1. The zero-order valence-electron chi connectivity index (χ0n) is 9.54. The molecule has 0 aliphatic carbocycles. The van der Waals surface area contributed by atoms with Gasteiger partial charge in [0.15, 0.2) is 0 Å². The topological polar surface area (TPSA) is 50.1 Å². The molecule has 0 aromatic heterocycles. The summed E-state index contributed by atoms with van der Waals surface area (Å²) in [5, 5.41) is 8.92. The lowest BCUT2D eigenvalue weighted by Gasteiger charge is -2.11. The van der Waals surface area contributed by atoms with Crippen molar-refractivity contribution in [3.05, 3.63) is 34.4 Å². The van der Waals surface area contributed by atoms with E-state index in [0.717, 1.165) is 6.07 Å². The summed E-state index contributed by atoms with van der Waals surface area (Å²) in [5.74, 6) is -0.886. The molecular formula is C12H10ClF2NO2. The molecule has 0 saturated carbocycles. The van der Waals surface area contributed by atoms with E-state index in [-0.39, 0.29) is 29.2 Å². The number of carbonyl (C=O) groups excluding carboxylic acids is 1. The van der Waals surface area contributed by atoms with E-state index >= 15 is 0 Å². The third kappa shape index (κ3) is 2.77. The number of rotatable bonds is 4. The van der Waals surface area contributed by atoms with Crippen molar-refractivity contribution in [2.75, 3.05) is 6.61 Å². The lowest BCUT2D eigenvalue weighted by molar-refractivity contribution is 0.0525. The van der Waals surface area contributed by atoms with Gasteiger partial charge >= 0.3 is 5.97 Å². The highest BCUT2D eigenvalue weighted by Crippen LogP contribution is 2.28. The average molecular weight is 274 g/mol. The van der Waals surface area contributed by atoms with Crippen molar-refractivity contribution in [2.45, 2.75) is 19.2 Å². The van der Waals surface area contributed by atoms with Crippen molar-refractivity contribution < 1.29 is 18.3 Å². The molecule has 0 fully saturated rings. The first-order valence-corrected chi connectivity index (χ1v) is 5.67. The predicted octanol–water partition coefficient (Wildman–Crippen LogP) is 3.41. The van der Waals surface area contributed by atoms with Crippen LogP contribution in [-0.2, 0) is 10.6 Å². The summed E-state index contributed by atoms with van der Waals surface area (Å²) >= 11 is 5.63. The maximum Gasteiger partial charge on any atom is 0.338 e. The van der Waals surface area contributed by atoms with Gasteiger partial charge in [-0.25, -0.2) is 13.6 Å². The van der Waals surface area contributed by atoms with Crippen molar-refractivity contribution in [1.82, 2.24) is 0 Å². The molecule has 18 heavy (non-hydrogen) atoms. The summed E-state index contributed by atoms with van der Waals surface area (Å²) in [5.41, 5.74) is -0.560. The van der Waals surface area contributed by atoms with E-state index in [1.165, 1.54) is 6.07 Å². The number of esters is 1. The summed E-state index contributed by atoms with van der Waals surface area (Å²) in [4.78, 5) is 11.6. The second-order valence-corrected chi connectivity index (χ2v) is 3.59. The molecule has 0 bridgehead atoms. The van der Waals surface area contributed by atoms with Crippen LogP contribution in [0.2, 0.25) is 0 Å². The lowest BCUT2D eigenvalue weighted by atomic mass is 9.98. The van der Waals surface area contributed by atoms with Crippen LogP contribution in [-0.4, -0.2) is 12.6 Å². The monoisotopic (exact) mass is 273 g/mol. The minimum absolute atomic E-state index is 0.0489. The fourth-order valence-electron chi connectivity index (χ4n) is 1.52. The Bertz CT molecular complexity index is 498. The highest BCUT2D eigenvalue weighted by molar-refractivity contribution is 6.18. The number of halogens is 3. The Balaban J connectivity index is 3.40. The smallest absolute Gasteiger partial charge is 0.338 e. The molecule has 0 unspecified atom stereocenters. The number of alkyl halides is 3. The van der Waals surface area contributed by atoms with Crippen molar-refractivity contribution in [3.63, 3.8) is 0 Å². The van der Waals surface area contributed by atoms with Crippen molar-refractivity contribution in [3.8, 4) is 6.07 Å². The van der Waals surface area contributed by atoms with Gasteiger partial charge in [0.1, 0.15) is 0 Å². The summed E-state index contributed by atoms with van der Waals surface area (Å²) in [6, 6.07) is 3.92. The number of carbonyl (C=O) groups is 1. The molecule has 1 aromatic rings. The molecule has 3 nitrogen and oxygen atoms in total. The molecule has 0 saturated heterocycles. The summed E-state index contributed by atoms with van der Waals surface area (Å²) in [6.07, 6.45) is -2.79. The minimum Gasteiger partial charge on any atom is -0.462 e. The maximum absolute atomic E-state index is 12.7. The molecular weight excluding hydrogens is 264 g/mol. The SMILES string of the molecule is CCOC(=O)c1ccc(C(F)F)c(C#N)c1CCl. The van der Waals surface area contributed by atoms with Crippen LogP contribution in [0.25, 0.3) is 0 Å². The fraction of sp³-hybridized carbons (Fsp3) is 0.333. The van der Waals surface area contributed by atoms with Gasteiger partial charge in [-0.15, -0.1) is 11.6 Å². The van der Waals surface area contributed by atoms with Crippen LogP contribution >= 0.6 is 11.6 Å². The van der Waals surface area contributed by atoms with E-state index in [4.69, 9.17) is 21.6 Å². The second-order valence-electron chi connectivity index (χ2n) is 3.32. The predicted molar refractivity (Wildman–Crippen MR) is 61.6 cm³/mol. The lowest BCUT2D eigenvalue weighted by Crippen LogP contribution is -2.10. The number of nitrogens with zero attached hydrogens (tertiary/aromatic N) is 1. The van der Waals surface area contributed by atoms with Gasteiger partial charge in [-0.2, -0.15) is 5.26 Å². The standard InChI is InChI=1S/C12H10ClF2NO2/c1-2-18-12(17)8-4-3-7(11(14)15)10(6-16)9(8)5-13/h3-4,11H,2,5H2,1H3. The summed E-state index contributed by atoms with van der Waals surface area (Å²) in [7, 11) is 0. The molecule has 0 radical (unpaired) electrons. The first kappa shape index (κ1) is 14.4. The Labute approximate surface area is 108 Å². The molecule has 0 aliphatic rings. The molecule has 0 atom stereocenters. The Morgan fingerprint density at radius 3 is 2.67 bits per heavy atom. The average Bonchev–Trinajstić information content (AvgIpc) is 2.36. The molecule has 6 heteroatoms. The van der Waals surface area contributed by atoms with Gasteiger partial charge in [-0.3, -0.25) is 0 Å². The first-order chi connectivity index (χ1) is 8.56. The second kappa shape index (κ2) is 6.31. The highest BCUT2D eigenvalue weighted by Gasteiger charge is 2.22. The molecule has 0 heterocycles. The van der Waals surface area contributed by atoms with E-state index in [9.17, 15) is 13.6 Å². The Morgan fingerprint density at radius 1 is 1.56 bits per heavy atom. The number of nitriles is 1. The van der Waals surface area contributed by atoms with Crippen molar-refractivity contribution >= 4 is 17.6 Å². The molecule has 1 rings (SSSR count). The van der Waals surface area contributed by atoms with Crippen LogP contribution in [0.15, 0.2) is 12.1 Å². The highest BCUT2D eigenvalue weighted by atomic mass is 35.5. The normalized spacial score (nSPS) is 10.2. The molecule has 1 aromatic carbocycles.